The van der Waals surface area contributed by atoms with Crippen molar-refractivity contribution in [3.8, 4) is 0 Å². The quantitative estimate of drug-likeness (QED) is 0.845. The van der Waals surface area contributed by atoms with E-state index in [9.17, 15) is 4.79 Å². The van der Waals surface area contributed by atoms with E-state index in [2.05, 4.69) is 5.32 Å². The van der Waals surface area contributed by atoms with Crippen molar-refractivity contribution in [2.45, 2.75) is 13.5 Å². The topological polar surface area (TPSA) is 55.1 Å². The Hall–Kier alpha value is -2.00. The smallest absolute Gasteiger partial charge is 0.253 e. The van der Waals surface area contributed by atoms with Crippen LogP contribution >= 0.6 is 11.6 Å². The maximum absolute atomic E-state index is 12.0. The highest BCUT2D eigenvalue weighted by Crippen LogP contribution is 2.18. The molecule has 4 heteroatoms. The molecule has 0 aromatic heterocycles. The second-order valence-electron chi connectivity index (χ2n) is 4.34. The third kappa shape index (κ3) is 3.26. The first-order chi connectivity index (χ1) is 9.08. The van der Waals surface area contributed by atoms with Crippen LogP contribution in [0.1, 0.15) is 21.5 Å². The van der Waals surface area contributed by atoms with Crippen molar-refractivity contribution in [1.82, 2.24) is 5.32 Å². The predicted octanol–water partition coefficient (Wildman–Crippen LogP) is 3.16. The van der Waals surface area contributed by atoms with Gasteiger partial charge in [-0.05, 0) is 36.2 Å². The van der Waals surface area contributed by atoms with Crippen LogP contribution in [-0.2, 0) is 6.54 Å². The molecule has 1 amide bonds. The first-order valence-corrected chi connectivity index (χ1v) is 6.33. The number of rotatable bonds is 3. The van der Waals surface area contributed by atoms with Gasteiger partial charge < -0.3 is 11.1 Å². The van der Waals surface area contributed by atoms with E-state index in [-0.39, 0.29) is 5.91 Å². The first kappa shape index (κ1) is 13.4. The summed E-state index contributed by atoms with van der Waals surface area (Å²) < 4.78 is 0. The summed E-state index contributed by atoms with van der Waals surface area (Å²) in [5, 5.41) is 3.38. The minimum atomic E-state index is -0.197. The second kappa shape index (κ2) is 5.76. The number of hydrogen-bond acceptors (Lipinski definition) is 2. The molecule has 0 saturated heterocycles. The summed E-state index contributed by atoms with van der Waals surface area (Å²) in [5.41, 5.74) is 8.83. The highest BCUT2D eigenvalue weighted by Gasteiger charge is 2.09. The number of nitrogen functional groups attached to an aromatic ring is 1. The summed E-state index contributed by atoms with van der Waals surface area (Å²) in [7, 11) is 0. The van der Waals surface area contributed by atoms with Crippen molar-refractivity contribution in [3.63, 3.8) is 0 Å². The zero-order valence-corrected chi connectivity index (χ0v) is 11.4. The molecule has 0 spiro atoms. The average Bonchev–Trinajstić information content (AvgIpc) is 2.37. The summed E-state index contributed by atoms with van der Waals surface area (Å²) in [6, 6.07) is 12.8. The van der Waals surface area contributed by atoms with Crippen LogP contribution in [0.15, 0.2) is 42.5 Å². The van der Waals surface area contributed by atoms with Crippen molar-refractivity contribution in [2.24, 2.45) is 0 Å². The van der Waals surface area contributed by atoms with Crippen LogP contribution in [0, 0.1) is 6.92 Å². The normalized spacial score (nSPS) is 10.2. The number of aryl methyl sites for hydroxylation is 1. The molecule has 2 aromatic rings. The number of nitrogens with two attached hydrogens (primary N) is 1. The molecule has 0 unspecified atom stereocenters. The Bertz CT molecular complexity index is 611. The minimum Gasteiger partial charge on any atom is -0.398 e. The number of amides is 1. The van der Waals surface area contributed by atoms with Gasteiger partial charge in [-0.1, -0.05) is 35.9 Å². The summed E-state index contributed by atoms with van der Waals surface area (Å²) in [6.07, 6.45) is 0. The predicted molar refractivity (Wildman–Crippen MR) is 78.2 cm³/mol. The van der Waals surface area contributed by atoms with Gasteiger partial charge in [-0.15, -0.1) is 0 Å². The fraction of sp³-hybridized carbons (Fsp3) is 0.133. The summed E-state index contributed by atoms with van der Waals surface area (Å²) >= 11 is 5.80. The highest BCUT2D eigenvalue weighted by atomic mass is 35.5. The van der Waals surface area contributed by atoms with E-state index in [1.165, 1.54) is 0 Å². The molecule has 2 aromatic carbocycles. The molecule has 2 rings (SSSR count). The third-order valence-corrected chi connectivity index (χ3v) is 3.19. The lowest BCUT2D eigenvalue weighted by Gasteiger charge is -2.09. The number of carbonyl (C=O) groups is 1. The number of halogens is 1. The first-order valence-electron chi connectivity index (χ1n) is 5.95. The lowest BCUT2D eigenvalue weighted by atomic mass is 10.1. The van der Waals surface area contributed by atoms with E-state index in [1.54, 1.807) is 18.2 Å². The maximum atomic E-state index is 12.0. The van der Waals surface area contributed by atoms with Crippen molar-refractivity contribution < 1.29 is 4.79 Å². The minimum absolute atomic E-state index is 0.197. The molecular formula is C15H15ClN2O. The van der Waals surface area contributed by atoms with Crippen molar-refractivity contribution in [1.29, 1.82) is 0 Å². The van der Waals surface area contributed by atoms with E-state index < -0.39 is 0 Å². The number of benzene rings is 2. The van der Waals surface area contributed by atoms with Crippen LogP contribution in [-0.4, -0.2) is 5.91 Å². The van der Waals surface area contributed by atoms with Gasteiger partial charge in [0, 0.05) is 17.3 Å². The van der Waals surface area contributed by atoms with Crippen LogP contribution in [0.5, 0.6) is 0 Å². The molecule has 0 aliphatic rings. The molecule has 0 bridgehead atoms. The maximum Gasteiger partial charge on any atom is 0.253 e. The summed E-state index contributed by atoms with van der Waals surface area (Å²) in [4.78, 5) is 12.0. The van der Waals surface area contributed by atoms with E-state index in [0.717, 1.165) is 11.1 Å². The Morgan fingerprint density at radius 1 is 1.26 bits per heavy atom. The third-order valence-electron chi connectivity index (χ3n) is 2.96. The number of carbonyl (C=O) groups excluding carboxylic acids is 1. The second-order valence-corrected chi connectivity index (χ2v) is 4.78. The van der Waals surface area contributed by atoms with Crippen LogP contribution < -0.4 is 11.1 Å². The molecule has 0 aliphatic heterocycles. The van der Waals surface area contributed by atoms with E-state index in [4.69, 9.17) is 17.3 Å². The molecule has 0 heterocycles. The number of anilines is 1. The van der Waals surface area contributed by atoms with Gasteiger partial charge in [-0.25, -0.2) is 0 Å². The molecule has 0 radical (unpaired) electrons. The Balaban J connectivity index is 2.08. The largest absolute Gasteiger partial charge is 0.398 e. The van der Waals surface area contributed by atoms with Gasteiger partial charge in [0.25, 0.3) is 5.91 Å². The zero-order chi connectivity index (χ0) is 13.8. The average molecular weight is 275 g/mol. The highest BCUT2D eigenvalue weighted by molar-refractivity contribution is 6.31. The Morgan fingerprint density at radius 3 is 2.68 bits per heavy atom. The SMILES string of the molecule is Cc1ccccc1CNC(=O)c1ccc(Cl)cc1N. The van der Waals surface area contributed by atoms with Gasteiger partial charge in [0.1, 0.15) is 0 Å². The van der Waals surface area contributed by atoms with E-state index in [1.807, 2.05) is 31.2 Å². The van der Waals surface area contributed by atoms with E-state index in [0.29, 0.717) is 22.8 Å². The lowest BCUT2D eigenvalue weighted by molar-refractivity contribution is 0.0952. The lowest BCUT2D eigenvalue weighted by Crippen LogP contribution is -2.24. The monoisotopic (exact) mass is 274 g/mol. The molecule has 0 fully saturated rings. The van der Waals surface area contributed by atoms with Crippen LogP contribution in [0.2, 0.25) is 5.02 Å². The molecule has 3 N–H and O–H groups in total. The summed E-state index contributed by atoms with van der Waals surface area (Å²) in [6.45, 7) is 2.49. The number of nitrogens with one attached hydrogen (secondary N) is 1. The van der Waals surface area contributed by atoms with Crippen molar-refractivity contribution in [3.05, 3.63) is 64.2 Å². The van der Waals surface area contributed by atoms with Gasteiger partial charge >= 0.3 is 0 Å². The molecule has 98 valence electrons. The fourth-order valence-electron chi connectivity index (χ4n) is 1.82. The molecule has 3 nitrogen and oxygen atoms in total. The van der Waals surface area contributed by atoms with Crippen LogP contribution in [0.4, 0.5) is 5.69 Å². The molecule has 0 aliphatic carbocycles. The van der Waals surface area contributed by atoms with Gasteiger partial charge in [-0.3, -0.25) is 4.79 Å². The zero-order valence-electron chi connectivity index (χ0n) is 10.6. The van der Waals surface area contributed by atoms with Crippen molar-refractivity contribution >= 4 is 23.2 Å². The van der Waals surface area contributed by atoms with Gasteiger partial charge in [0.15, 0.2) is 0 Å². The fourth-order valence-corrected chi connectivity index (χ4v) is 2.00. The molecular weight excluding hydrogens is 260 g/mol. The van der Waals surface area contributed by atoms with Gasteiger partial charge in [0.2, 0.25) is 0 Å². The standard InChI is InChI=1S/C15H15ClN2O/c1-10-4-2-3-5-11(10)9-18-15(19)13-7-6-12(16)8-14(13)17/h2-8H,9,17H2,1H3,(H,18,19). The number of hydrogen-bond donors (Lipinski definition) is 2. The van der Waals surface area contributed by atoms with Crippen molar-refractivity contribution in [2.75, 3.05) is 5.73 Å². The van der Waals surface area contributed by atoms with Crippen LogP contribution in [0.3, 0.4) is 0 Å². The van der Waals surface area contributed by atoms with E-state index >= 15 is 0 Å². The molecule has 19 heavy (non-hydrogen) atoms. The Morgan fingerprint density at radius 2 is 2.00 bits per heavy atom. The van der Waals surface area contributed by atoms with Gasteiger partial charge in [0.05, 0.1) is 5.56 Å². The Kier molecular flexibility index (Phi) is 4.07. The molecule has 0 saturated carbocycles. The Labute approximate surface area is 117 Å². The summed E-state index contributed by atoms with van der Waals surface area (Å²) in [5.74, 6) is -0.197. The van der Waals surface area contributed by atoms with Crippen LogP contribution in [0.25, 0.3) is 0 Å². The van der Waals surface area contributed by atoms with Gasteiger partial charge in [-0.2, -0.15) is 0 Å². The molecule has 0 atom stereocenters.